The molecule has 0 saturated carbocycles. The summed E-state index contributed by atoms with van der Waals surface area (Å²) in [7, 11) is 0. The van der Waals surface area contributed by atoms with Crippen molar-refractivity contribution in [2.24, 2.45) is 0 Å². The highest BCUT2D eigenvalue weighted by Gasteiger charge is 2.15. The van der Waals surface area contributed by atoms with Gasteiger partial charge in [0.1, 0.15) is 10.6 Å². The van der Waals surface area contributed by atoms with E-state index < -0.39 is 4.92 Å². The lowest BCUT2D eigenvalue weighted by atomic mass is 10.2. The molecular weight excluding hydrogens is 178 g/mol. The minimum atomic E-state index is -0.586. The van der Waals surface area contributed by atoms with E-state index in [-0.39, 0.29) is 16.3 Å². The standard InChI is InChI=1S/C8H4ClNO2/c1-2-6-4-3-5-7(9)8(6)10(11)12/h1,3-5H. The van der Waals surface area contributed by atoms with Gasteiger partial charge in [0.25, 0.3) is 0 Å². The first-order chi connectivity index (χ1) is 5.66. The van der Waals surface area contributed by atoms with Gasteiger partial charge in [-0.15, -0.1) is 6.42 Å². The maximum Gasteiger partial charge on any atom is 0.303 e. The first kappa shape index (κ1) is 8.57. The second-order valence-corrected chi connectivity index (χ2v) is 2.44. The molecule has 3 nitrogen and oxygen atoms in total. The van der Waals surface area contributed by atoms with E-state index in [0.717, 1.165) is 0 Å². The first-order valence-electron chi connectivity index (χ1n) is 3.06. The quantitative estimate of drug-likeness (QED) is 0.379. The molecule has 12 heavy (non-hydrogen) atoms. The SMILES string of the molecule is C#Cc1cccc(Cl)c1[N+](=O)[O-]. The van der Waals surface area contributed by atoms with Crippen molar-refractivity contribution in [1.29, 1.82) is 0 Å². The number of terminal acetylenes is 1. The van der Waals surface area contributed by atoms with Gasteiger partial charge in [-0.2, -0.15) is 0 Å². The summed E-state index contributed by atoms with van der Waals surface area (Å²) in [5, 5.41) is 10.5. The van der Waals surface area contributed by atoms with E-state index >= 15 is 0 Å². The van der Waals surface area contributed by atoms with Crippen LogP contribution in [0.2, 0.25) is 5.02 Å². The molecule has 0 atom stereocenters. The summed E-state index contributed by atoms with van der Waals surface area (Å²) < 4.78 is 0. The van der Waals surface area contributed by atoms with Crippen LogP contribution in [0.15, 0.2) is 18.2 Å². The van der Waals surface area contributed by atoms with E-state index in [0.29, 0.717) is 0 Å². The second kappa shape index (κ2) is 3.24. The zero-order valence-electron chi connectivity index (χ0n) is 5.95. The van der Waals surface area contributed by atoms with Gasteiger partial charge < -0.3 is 0 Å². The van der Waals surface area contributed by atoms with Crippen LogP contribution in [0.3, 0.4) is 0 Å². The smallest absolute Gasteiger partial charge is 0.258 e. The topological polar surface area (TPSA) is 43.1 Å². The Morgan fingerprint density at radius 1 is 1.58 bits per heavy atom. The van der Waals surface area contributed by atoms with Crippen LogP contribution in [0.1, 0.15) is 5.56 Å². The molecule has 0 unspecified atom stereocenters. The number of para-hydroxylation sites is 1. The molecule has 0 aromatic heterocycles. The molecule has 60 valence electrons. The van der Waals surface area contributed by atoms with Gasteiger partial charge in [0.05, 0.1) is 4.92 Å². The van der Waals surface area contributed by atoms with Gasteiger partial charge in [-0.05, 0) is 12.1 Å². The molecule has 0 fully saturated rings. The molecule has 0 N–H and O–H groups in total. The largest absolute Gasteiger partial charge is 0.303 e. The van der Waals surface area contributed by atoms with E-state index in [1.807, 2.05) is 0 Å². The molecule has 0 aliphatic rings. The Labute approximate surface area is 74.1 Å². The zero-order chi connectivity index (χ0) is 9.14. The predicted octanol–water partition coefficient (Wildman–Crippen LogP) is 2.23. The van der Waals surface area contributed by atoms with Crippen LogP contribution in [-0.4, -0.2) is 4.92 Å². The molecule has 4 heteroatoms. The summed E-state index contributed by atoms with van der Waals surface area (Å²) in [5.74, 6) is 2.19. The third kappa shape index (κ3) is 1.39. The third-order valence-electron chi connectivity index (χ3n) is 1.32. The van der Waals surface area contributed by atoms with Crippen LogP contribution in [-0.2, 0) is 0 Å². The van der Waals surface area contributed by atoms with Crippen molar-refractivity contribution in [3.63, 3.8) is 0 Å². The fourth-order valence-electron chi connectivity index (χ4n) is 0.817. The van der Waals surface area contributed by atoms with Crippen molar-refractivity contribution in [1.82, 2.24) is 0 Å². The third-order valence-corrected chi connectivity index (χ3v) is 1.63. The van der Waals surface area contributed by atoms with E-state index in [4.69, 9.17) is 18.0 Å². The van der Waals surface area contributed by atoms with Crippen molar-refractivity contribution in [3.05, 3.63) is 38.9 Å². The molecule has 1 aromatic carbocycles. The molecule has 0 amide bonds. The van der Waals surface area contributed by atoms with Crippen molar-refractivity contribution < 1.29 is 4.92 Å². The summed E-state index contributed by atoms with van der Waals surface area (Å²) in [5.41, 5.74) is -0.00540. The molecule has 0 saturated heterocycles. The lowest BCUT2D eigenvalue weighted by Gasteiger charge is -1.96. The molecule has 0 bridgehead atoms. The minimum absolute atomic E-state index is 0.0652. The van der Waals surface area contributed by atoms with Gasteiger partial charge in [-0.1, -0.05) is 23.6 Å². The molecule has 0 aliphatic carbocycles. The van der Waals surface area contributed by atoms with Crippen molar-refractivity contribution >= 4 is 17.3 Å². The second-order valence-electron chi connectivity index (χ2n) is 2.04. The van der Waals surface area contributed by atoms with Crippen molar-refractivity contribution in [3.8, 4) is 12.3 Å². The average Bonchev–Trinajstić information content (AvgIpc) is 2.03. The summed E-state index contributed by atoms with van der Waals surface area (Å²) in [4.78, 5) is 9.84. The van der Waals surface area contributed by atoms with Gasteiger partial charge >= 0.3 is 5.69 Å². The maximum absolute atomic E-state index is 10.4. The molecule has 1 aromatic rings. The van der Waals surface area contributed by atoms with E-state index in [1.54, 1.807) is 6.07 Å². The number of nitro benzene ring substituents is 1. The average molecular weight is 182 g/mol. The highest BCUT2D eigenvalue weighted by atomic mass is 35.5. The highest BCUT2D eigenvalue weighted by molar-refractivity contribution is 6.32. The monoisotopic (exact) mass is 181 g/mol. The number of nitrogens with zero attached hydrogens (tertiary/aromatic N) is 1. The Hall–Kier alpha value is -1.53. The van der Waals surface area contributed by atoms with Crippen molar-refractivity contribution in [2.45, 2.75) is 0 Å². The molecule has 0 heterocycles. The van der Waals surface area contributed by atoms with Crippen molar-refractivity contribution in [2.75, 3.05) is 0 Å². The highest BCUT2D eigenvalue weighted by Crippen LogP contribution is 2.27. The maximum atomic E-state index is 10.4. The van der Waals surface area contributed by atoms with Gasteiger partial charge in [0.15, 0.2) is 0 Å². The summed E-state index contributed by atoms with van der Waals surface area (Å²) in [6.45, 7) is 0. The first-order valence-corrected chi connectivity index (χ1v) is 3.44. The van der Waals surface area contributed by atoms with Crippen LogP contribution < -0.4 is 0 Å². The van der Waals surface area contributed by atoms with Gasteiger partial charge in [-0.3, -0.25) is 10.1 Å². The Morgan fingerprint density at radius 3 is 2.67 bits per heavy atom. The van der Waals surface area contributed by atoms with Crippen LogP contribution >= 0.6 is 11.6 Å². The Balaban J connectivity index is 3.42. The predicted molar refractivity (Wildman–Crippen MR) is 46.0 cm³/mol. The fraction of sp³-hybridized carbons (Fsp3) is 0. The summed E-state index contributed by atoms with van der Waals surface area (Å²) in [6, 6.07) is 4.48. The normalized spacial score (nSPS) is 9.00. The van der Waals surface area contributed by atoms with Gasteiger partial charge in [-0.25, -0.2) is 0 Å². The van der Waals surface area contributed by atoms with Crippen LogP contribution in [0.25, 0.3) is 0 Å². The lowest BCUT2D eigenvalue weighted by molar-refractivity contribution is -0.385. The number of nitro groups is 1. The van der Waals surface area contributed by atoms with Gasteiger partial charge in [0.2, 0.25) is 0 Å². The number of halogens is 1. The Morgan fingerprint density at radius 2 is 2.25 bits per heavy atom. The molecule has 0 radical (unpaired) electrons. The van der Waals surface area contributed by atoms with E-state index in [2.05, 4.69) is 5.92 Å². The summed E-state index contributed by atoms with van der Waals surface area (Å²) in [6.07, 6.45) is 5.04. The molecule has 0 aliphatic heterocycles. The zero-order valence-corrected chi connectivity index (χ0v) is 6.71. The number of benzene rings is 1. The Kier molecular flexibility index (Phi) is 2.32. The number of rotatable bonds is 1. The number of hydrogen-bond donors (Lipinski definition) is 0. The molecule has 0 spiro atoms. The van der Waals surface area contributed by atoms with Gasteiger partial charge in [0, 0.05) is 0 Å². The Bertz CT molecular complexity index is 368. The number of hydrogen-bond acceptors (Lipinski definition) is 2. The van der Waals surface area contributed by atoms with E-state index in [9.17, 15) is 10.1 Å². The molecule has 1 rings (SSSR count). The minimum Gasteiger partial charge on any atom is -0.258 e. The fourth-order valence-corrected chi connectivity index (χ4v) is 1.06. The lowest BCUT2D eigenvalue weighted by Crippen LogP contribution is -1.92. The summed E-state index contributed by atoms with van der Waals surface area (Å²) >= 11 is 5.57. The van der Waals surface area contributed by atoms with E-state index in [1.165, 1.54) is 12.1 Å². The van der Waals surface area contributed by atoms with Crippen LogP contribution in [0, 0.1) is 22.5 Å². The molecular formula is C8H4ClNO2. The van der Waals surface area contributed by atoms with Crippen LogP contribution in [0.5, 0.6) is 0 Å². The van der Waals surface area contributed by atoms with Crippen LogP contribution in [0.4, 0.5) is 5.69 Å².